The first kappa shape index (κ1) is 18.2. The van der Waals surface area contributed by atoms with Gasteiger partial charge in [-0.25, -0.2) is 0 Å². The maximum Gasteiger partial charge on any atom is 0.237 e. The largest absolute Gasteiger partial charge is 0.360 e. The lowest BCUT2D eigenvalue weighted by molar-refractivity contribution is -0.115. The molecule has 0 bridgehead atoms. The second kappa shape index (κ2) is 8.66. The van der Waals surface area contributed by atoms with E-state index in [9.17, 15) is 4.79 Å². The number of nitriles is 1. The molecular weight excluding hydrogens is 342 g/mol. The van der Waals surface area contributed by atoms with E-state index in [1.807, 2.05) is 6.92 Å². The first-order chi connectivity index (χ1) is 11.5. The number of carbonyl (C=O) groups is 1. The monoisotopic (exact) mass is 361 g/mol. The van der Waals surface area contributed by atoms with Crippen LogP contribution < -0.4 is 10.6 Å². The van der Waals surface area contributed by atoms with Gasteiger partial charge in [-0.3, -0.25) is 4.79 Å². The summed E-state index contributed by atoms with van der Waals surface area (Å²) in [5.74, 6) is 0.390. The van der Waals surface area contributed by atoms with E-state index in [0.717, 1.165) is 16.0 Å². The SMILES string of the molecule is CC(C)CNc1nnc(SC(C)C(=O)Nc2cccc(C#N)c2)s1. The van der Waals surface area contributed by atoms with Crippen molar-refractivity contribution in [2.75, 3.05) is 17.2 Å². The van der Waals surface area contributed by atoms with Gasteiger partial charge in [-0.1, -0.05) is 43.0 Å². The number of benzene rings is 1. The first-order valence-corrected chi connectivity index (χ1v) is 9.22. The van der Waals surface area contributed by atoms with Crippen LogP contribution in [0.15, 0.2) is 28.6 Å². The minimum atomic E-state index is -0.318. The Hall–Kier alpha value is -2.11. The summed E-state index contributed by atoms with van der Waals surface area (Å²) >= 11 is 2.80. The van der Waals surface area contributed by atoms with E-state index in [1.54, 1.807) is 24.3 Å². The van der Waals surface area contributed by atoms with Crippen molar-refractivity contribution in [1.29, 1.82) is 5.26 Å². The van der Waals surface area contributed by atoms with E-state index in [0.29, 0.717) is 17.2 Å². The van der Waals surface area contributed by atoms with Crippen molar-refractivity contribution >= 4 is 39.8 Å². The molecule has 8 heteroatoms. The predicted octanol–water partition coefficient (Wildman–Crippen LogP) is 3.60. The van der Waals surface area contributed by atoms with Crippen LogP contribution in [0, 0.1) is 17.2 Å². The van der Waals surface area contributed by atoms with Gasteiger partial charge in [0.2, 0.25) is 11.0 Å². The molecule has 0 saturated carbocycles. The summed E-state index contributed by atoms with van der Waals surface area (Å²) in [6.07, 6.45) is 0. The number of hydrogen-bond donors (Lipinski definition) is 2. The fourth-order valence-corrected chi connectivity index (χ4v) is 3.64. The number of thioether (sulfide) groups is 1. The highest BCUT2D eigenvalue weighted by atomic mass is 32.2. The predicted molar refractivity (Wildman–Crippen MR) is 98.3 cm³/mol. The van der Waals surface area contributed by atoms with Crippen LogP contribution >= 0.6 is 23.1 Å². The Labute approximate surface area is 149 Å². The van der Waals surface area contributed by atoms with E-state index >= 15 is 0 Å². The molecule has 2 aromatic rings. The molecule has 0 spiro atoms. The molecule has 126 valence electrons. The quantitative estimate of drug-likeness (QED) is 0.732. The summed E-state index contributed by atoms with van der Waals surface area (Å²) in [4.78, 5) is 12.3. The Morgan fingerprint density at radius 1 is 1.38 bits per heavy atom. The summed E-state index contributed by atoms with van der Waals surface area (Å²) in [5.41, 5.74) is 1.13. The molecule has 0 aliphatic heterocycles. The zero-order chi connectivity index (χ0) is 17.5. The van der Waals surface area contributed by atoms with Crippen molar-refractivity contribution in [3.63, 3.8) is 0 Å². The molecule has 1 atom stereocenters. The number of carbonyl (C=O) groups excluding carboxylic acids is 1. The molecule has 0 aliphatic rings. The number of nitrogens with one attached hydrogen (secondary N) is 2. The average Bonchev–Trinajstić information content (AvgIpc) is 3.00. The van der Waals surface area contributed by atoms with Crippen LogP contribution in [-0.4, -0.2) is 27.9 Å². The molecule has 2 rings (SSSR count). The topological polar surface area (TPSA) is 90.7 Å². The molecule has 0 saturated heterocycles. The molecular formula is C16H19N5OS2. The average molecular weight is 361 g/mol. The number of hydrogen-bond acceptors (Lipinski definition) is 7. The highest BCUT2D eigenvalue weighted by molar-refractivity contribution is 8.02. The third-order valence-electron chi connectivity index (χ3n) is 2.97. The van der Waals surface area contributed by atoms with Crippen molar-refractivity contribution in [3.05, 3.63) is 29.8 Å². The van der Waals surface area contributed by atoms with Crippen LogP contribution in [0.2, 0.25) is 0 Å². The van der Waals surface area contributed by atoms with Gasteiger partial charge in [-0.05, 0) is 31.0 Å². The van der Waals surface area contributed by atoms with Crippen LogP contribution in [0.4, 0.5) is 10.8 Å². The molecule has 1 aromatic carbocycles. The van der Waals surface area contributed by atoms with Gasteiger partial charge >= 0.3 is 0 Å². The third kappa shape index (κ3) is 5.51. The van der Waals surface area contributed by atoms with E-state index in [-0.39, 0.29) is 11.2 Å². The number of anilines is 2. The van der Waals surface area contributed by atoms with Gasteiger partial charge < -0.3 is 10.6 Å². The van der Waals surface area contributed by atoms with E-state index in [1.165, 1.54) is 23.1 Å². The van der Waals surface area contributed by atoms with Crippen molar-refractivity contribution in [2.45, 2.75) is 30.4 Å². The summed E-state index contributed by atoms with van der Waals surface area (Å²) in [7, 11) is 0. The molecule has 1 heterocycles. The van der Waals surface area contributed by atoms with Gasteiger partial charge in [0.15, 0.2) is 4.34 Å². The zero-order valence-corrected chi connectivity index (χ0v) is 15.4. The molecule has 24 heavy (non-hydrogen) atoms. The van der Waals surface area contributed by atoms with E-state index < -0.39 is 0 Å². The van der Waals surface area contributed by atoms with Crippen molar-refractivity contribution < 1.29 is 4.79 Å². The smallest absolute Gasteiger partial charge is 0.237 e. The van der Waals surface area contributed by atoms with Crippen molar-refractivity contribution in [1.82, 2.24) is 10.2 Å². The van der Waals surface area contributed by atoms with Crippen LogP contribution in [0.5, 0.6) is 0 Å². The lowest BCUT2D eigenvalue weighted by Gasteiger charge is -2.10. The van der Waals surface area contributed by atoms with Gasteiger partial charge in [0.1, 0.15) is 0 Å². The minimum Gasteiger partial charge on any atom is -0.360 e. The van der Waals surface area contributed by atoms with E-state index in [4.69, 9.17) is 5.26 Å². The molecule has 1 amide bonds. The molecule has 1 aromatic heterocycles. The Balaban J connectivity index is 1.90. The maximum atomic E-state index is 12.3. The molecule has 2 N–H and O–H groups in total. The number of aromatic nitrogens is 2. The van der Waals surface area contributed by atoms with Crippen LogP contribution in [0.1, 0.15) is 26.3 Å². The molecule has 0 radical (unpaired) electrons. The van der Waals surface area contributed by atoms with Crippen molar-refractivity contribution in [3.8, 4) is 6.07 Å². The van der Waals surface area contributed by atoms with Crippen molar-refractivity contribution in [2.24, 2.45) is 5.92 Å². The number of nitrogens with zero attached hydrogens (tertiary/aromatic N) is 3. The Kier molecular flexibility index (Phi) is 6.58. The first-order valence-electron chi connectivity index (χ1n) is 7.53. The summed E-state index contributed by atoms with van der Waals surface area (Å²) in [6, 6.07) is 8.89. The molecule has 0 aliphatic carbocycles. The normalized spacial score (nSPS) is 11.8. The standard InChI is InChI=1S/C16H19N5OS2/c1-10(2)9-18-15-20-21-16(24-15)23-11(3)14(22)19-13-6-4-5-12(7-13)8-17/h4-7,10-11H,9H2,1-3H3,(H,18,20)(H,19,22). The fraction of sp³-hybridized carbons (Fsp3) is 0.375. The summed E-state index contributed by atoms with van der Waals surface area (Å²) in [6.45, 7) is 6.90. The van der Waals surface area contributed by atoms with Crippen LogP contribution in [0.3, 0.4) is 0 Å². The van der Waals surface area contributed by atoms with Gasteiger partial charge in [0, 0.05) is 12.2 Å². The Morgan fingerprint density at radius 2 is 2.17 bits per heavy atom. The summed E-state index contributed by atoms with van der Waals surface area (Å²) < 4.78 is 0.745. The lowest BCUT2D eigenvalue weighted by atomic mass is 10.2. The number of amides is 1. The van der Waals surface area contributed by atoms with Gasteiger partial charge in [-0.2, -0.15) is 5.26 Å². The summed E-state index contributed by atoms with van der Waals surface area (Å²) in [5, 5.41) is 23.5. The van der Waals surface area contributed by atoms with Gasteiger partial charge in [-0.15, -0.1) is 10.2 Å². The fourth-order valence-electron chi connectivity index (χ4n) is 1.74. The van der Waals surface area contributed by atoms with Gasteiger partial charge in [0.25, 0.3) is 0 Å². The van der Waals surface area contributed by atoms with Crippen LogP contribution in [-0.2, 0) is 4.79 Å². The second-order valence-electron chi connectivity index (χ2n) is 5.59. The molecule has 1 unspecified atom stereocenters. The minimum absolute atomic E-state index is 0.137. The lowest BCUT2D eigenvalue weighted by Crippen LogP contribution is -2.22. The van der Waals surface area contributed by atoms with E-state index in [2.05, 4.69) is 40.7 Å². The highest BCUT2D eigenvalue weighted by Gasteiger charge is 2.17. The third-order valence-corrected chi connectivity index (χ3v) is 5.04. The molecule has 6 nitrogen and oxygen atoms in total. The van der Waals surface area contributed by atoms with Gasteiger partial charge in [0.05, 0.1) is 16.9 Å². The Morgan fingerprint density at radius 3 is 2.88 bits per heavy atom. The Bertz CT molecular complexity index is 738. The van der Waals surface area contributed by atoms with Crippen LogP contribution in [0.25, 0.3) is 0 Å². The molecule has 0 fully saturated rings. The maximum absolute atomic E-state index is 12.3. The number of rotatable bonds is 7. The highest BCUT2D eigenvalue weighted by Crippen LogP contribution is 2.29. The second-order valence-corrected chi connectivity index (χ2v) is 8.16. The zero-order valence-electron chi connectivity index (χ0n) is 13.7.